The fourth-order valence-corrected chi connectivity index (χ4v) is 1.57. The zero-order valence-electron chi connectivity index (χ0n) is 8.80. The van der Waals surface area contributed by atoms with Crippen LogP contribution in [0.25, 0.3) is 10.9 Å². The van der Waals surface area contributed by atoms with Gasteiger partial charge in [-0.3, -0.25) is 0 Å². The minimum absolute atomic E-state index is 0.752. The van der Waals surface area contributed by atoms with E-state index in [1.54, 1.807) is 0 Å². The van der Waals surface area contributed by atoms with Gasteiger partial charge in [0, 0.05) is 18.3 Å². The highest BCUT2D eigenvalue weighted by atomic mass is 14.8. The molecule has 0 atom stereocenters. The number of aromatic nitrogens is 1. The first-order valence-corrected chi connectivity index (χ1v) is 5.06. The Balaban J connectivity index is 2.03. The van der Waals surface area contributed by atoms with Gasteiger partial charge in [-0.25, -0.2) is 0 Å². The first-order valence-electron chi connectivity index (χ1n) is 5.06. The molecule has 2 heteroatoms. The Morgan fingerprint density at radius 2 is 2.27 bits per heavy atom. The van der Waals surface area contributed by atoms with Crippen LogP contribution in [0, 0.1) is 11.8 Å². The average molecular weight is 198 g/mol. The van der Waals surface area contributed by atoms with Crippen molar-refractivity contribution in [1.82, 2.24) is 10.3 Å². The van der Waals surface area contributed by atoms with Crippen molar-refractivity contribution < 1.29 is 0 Å². The van der Waals surface area contributed by atoms with Crippen LogP contribution >= 0.6 is 0 Å². The van der Waals surface area contributed by atoms with E-state index in [1.165, 1.54) is 16.5 Å². The topological polar surface area (TPSA) is 27.8 Å². The Hall–Kier alpha value is -1.72. The average Bonchev–Trinajstić information content (AvgIpc) is 2.71. The van der Waals surface area contributed by atoms with Gasteiger partial charge in [0.1, 0.15) is 0 Å². The molecule has 0 aliphatic heterocycles. The Bertz CT molecular complexity index is 500. The molecule has 0 saturated carbocycles. The van der Waals surface area contributed by atoms with Gasteiger partial charge in [-0.1, -0.05) is 12.0 Å². The van der Waals surface area contributed by atoms with Crippen LogP contribution < -0.4 is 5.32 Å². The summed E-state index contributed by atoms with van der Waals surface area (Å²) < 4.78 is 0. The van der Waals surface area contributed by atoms with Gasteiger partial charge in [0.2, 0.25) is 0 Å². The van der Waals surface area contributed by atoms with Crippen LogP contribution in [0.3, 0.4) is 0 Å². The highest BCUT2D eigenvalue weighted by molar-refractivity contribution is 5.79. The van der Waals surface area contributed by atoms with Crippen LogP contribution in [0.15, 0.2) is 30.5 Å². The molecule has 0 spiro atoms. The molecular formula is C13H14N2. The Morgan fingerprint density at radius 3 is 3.13 bits per heavy atom. The van der Waals surface area contributed by atoms with E-state index >= 15 is 0 Å². The molecule has 0 fully saturated rings. The third-order valence-electron chi connectivity index (χ3n) is 2.34. The van der Waals surface area contributed by atoms with Crippen molar-refractivity contribution in [3.8, 4) is 11.8 Å². The highest BCUT2D eigenvalue weighted by Gasteiger charge is 1.96. The van der Waals surface area contributed by atoms with Crippen molar-refractivity contribution in [3.05, 3.63) is 36.0 Å². The molecule has 2 N–H and O–H groups in total. The van der Waals surface area contributed by atoms with Crippen LogP contribution in [0.5, 0.6) is 0 Å². The van der Waals surface area contributed by atoms with Crippen LogP contribution in [0.1, 0.15) is 12.5 Å². The number of hydrogen-bond acceptors (Lipinski definition) is 1. The zero-order valence-corrected chi connectivity index (χ0v) is 8.80. The first-order chi connectivity index (χ1) is 7.40. The second-order valence-corrected chi connectivity index (χ2v) is 3.43. The summed E-state index contributed by atoms with van der Waals surface area (Å²) >= 11 is 0. The van der Waals surface area contributed by atoms with Gasteiger partial charge in [0.05, 0.1) is 6.54 Å². The largest absolute Gasteiger partial charge is 0.361 e. The Kier molecular flexibility index (Phi) is 3.06. The number of hydrogen-bond donors (Lipinski definition) is 2. The lowest BCUT2D eigenvalue weighted by Crippen LogP contribution is -2.12. The Labute approximate surface area is 89.7 Å². The molecule has 15 heavy (non-hydrogen) atoms. The lowest BCUT2D eigenvalue weighted by atomic mass is 10.1. The number of rotatable bonds is 3. The summed E-state index contributed by atoms with van der Waals surface area (Å²) in [5.41, 5.74) is 2.48. The van der Waals surface area contributed by atoms with Crippen molar-refractivity contribution in [1.29, 1.82) is 0 Å². The molecule has 0 saturated heterocycles. The van der Waals surface area contributed by atoms with Gasteiger partial charge in [-0.2, -0.15) is 0 Å². The number of benzene rings is 1. The van der Waals surface area contributed by atoms with Crippen molar-refractivity contribution >= 4 is 10.9 Å². The normalized spacial score (nSPS) is 9.93. The molecule has 0 amide bonds. The highest BCUT2D eigenvalue weighted by Crippen LogP contribution is 2.13. The van der Waals surface area contributed by atoms with Crippen molar-refractivity contribution in [2.45, 2.75) is 13.5 Å². The molecular weight excluding hydrogens is 184 g/mol. The standard InChI is InChI=1S/C13H14N2/c1-2-3-7-14-10-11-4-5-13-12(9-11)6-8-15-13/h4-6,8-9,14-15H,7,10H2,1H3. The van der Waals surface area contributed by atoms with Gasteiger partial charge in [-0.05, 0) is 36.1 Å². The molecule has 0 bridgehead atoms. The van der Waals surface area contributed by atoms with E-state index in [-0.39, 0.29) is 0 Å². The summed E-state index contributed by atoms with van der Waals surface area (Å²) in [5, 5.41) is 4.54. The summed E-state index contributed by atoms with van der Waals surface area (Å²) in [6.07, 6.45) is 1.96. The van der Waals surface area contributed by atoms with Gasteiger partial charge in [-0.15, -0.1) is 5.92 Å². The summed E-state index contributed by atoms with van der Waals surface area (Å²) in [7, 11) is 0. The van der Waals surface area contributed by atoms with E-state index in [2.05, 4.69) is 46.4 Å². The maximum absolute atomic E-state index is 3.28. The summed E-state index contributed by atoms with van der Waals surface area (Å²) in [4.78, 5) is 3.18. The third kappa shape index (κ3) is 2.39. The fraction of sp³-hybridized carbons (Fsp3) is 0.231. The Morgan fingerprint density at radius 1 is 1.33 bits per heavy atom. The van der Waals surface area contributed by atoms with E-state index in [0.717, 1.165) is 13.1 Å². The molecule has 0 aliphatic rings. The van der Waals surface area contributed by atoms with E-state index in [4.69, 9.17) is 0 Å². The van der Waals surface area contributed by atoms with E-state index in [0.29, 0.717) is 0 Å². The maximum atomic E-state index is 3.28. The number of aromatic amines is 1. The van der Waals surface area contributed by atoms with Crippen LogP contribution in [0.4, 0.5) is 0 Å². The molecule has 2 nitrogen and oxygen atoms in total. The van der Waals surface area contributed by atoms with Crippen molar-refractivity contribution in [2.75, 3.05) is 6.54 Å². The molecule has 0 unspecified atom stereocenters. The monoisotopic (exact) mass is 198 g/mol. The van der Waals surface area contributed by atoms with Gasteiger partial charge < -0.3 is 10.3 Å². The molecule has 0 radical (unpaired) electrons. The fourth-order valence-electron chi connectivity index (χ4n) is 1.57. The van der Waals surface area contributed by atoms with Crippen LogP contribution in [-0.4, -0.2) is 11.5 Å². The summed E-state index contributed by atoms with van der Waals surface area (Å²) in [6.45, 7) is 3.48. The lowest BCUT2D eigenvalue weighted by Gasteiger charge is -2.01. The smallest absolute Gasteiger partial charge is 0.0578 e. The summed E-state index contributed by atoms with van der Waals surface area (Å²) in [5.74, 6) is 5.85. The SMILES string of the molecule is CC#CCNCc1ccc2[nH]ccc2c1. The third-order valence-corrected chi connectivity index (χ3v) is 2.34. The van der Waals surface area contributed by atoms with E-state index in [9.17, 15) is 0 Å². The predicted molar refractivity (Wildman–Crippen MR) is 63.5 cm³/mol. The number of fused-ring (bicyclic) bond motifs is 1. The molecule has 0 aliphatic carbocycles. The molecule has 2 aromatic rings. The second-order valence-electron chi connectivity index (χ2n) is 3.43. The minimum Gasteiger partial charge on any atom is -0.361 e. The first kappa shape index (κ1) is 9.82. The minimum atomic E-state index is 0.752. The predicted octanol–water partition coefficient (Wildman–Crippen LogP) is 2.28. The molecule has 1 heterocycles. The van der Waals surface area contributed by atoms with Gasteiger partial charge in [0.25, 0.3) is 0 Å². The van der Waals surface area contributed by atoms with Crippen molar-refractivity contribution in [2.24, 2.45) is 0 Å². The van der Waals surface area contributed by atoms with E-state index < -0.39 is 0 Å². The van der Waals surface area contributed by atoms with Gasteiger partial charge in [0.15, 0.2) is 0 Å². The van der Waals surface area contributed by atoms with Crippen molar-refractivity contribution in [3.63, 3.8) is 0 Å². The number of nitrogens with one attached hydrogen (secondary N) is 2. The molecule has 2 rings (SSSR count). The van der Waals surface area contributed by atoms with E-state index in [1.807, 2.05) is 13.1 Å². The van der Waals surface area contributed by atoms with Gasteiger partial charge >= 0.3 is 0 Å². The van der Waals surface area contributed by atoms with Crippen LogP contribution in [-0.2, 0) is 6.54 Å². The second kappa shape index (κ2) is 4.68. The van der Waals surface area contributed by atoms with Crippen LogP contribution in [0.2, 0.25) is 0 Å². The quantitative estimate of drug-likeness (QED) is 0.574. The molecule has 1 aromatic carbocycles. The summed E-state index contributed by atoms with van der Waals surface area (Å²) in [6, 6.07) is 8.52. The molecule has 76 valence electrons. The maximum Gasteiger partial charge on any atom is 0.0578 e. The molecule has 1 aromatic heterocycles. The zero-order chi connectivity index (χ0) is 10.5. The number of H-pyrrole nitrogens is 1. The lowest BCUT2D eigenvalue weighted by molar-refractivity contribution is 0.771.